The van der Waals surface area contributed by atoms with Gasteiger partial charge in [-0.3, -0.25) is 9.78 Å². The predicted molar refractivity (Wildman–Crippen MR) is 68.7 cm³/mol. The summed E-state index contributed by atoms with van der Waals surface area (Å²) in [5.41, 5.74) is -0.380. The number of H-pyrrole nitrogens is 2. The standard InChI is InChI=1S/C12H20N4O3/c1-2-5-19-8-9-3-4-16(7-9)11(17)6-10-13-12(18)15-14-10/h9H,2-8H2,1H3,(H2,13,14,15,18). The Morgan fingerprint density at radius 1 is 1.58 bits per heavy atom. The molecule has 19 heavy (non-hydrogen) atoms. The summed E-state index contributed by atoms with van der Waals surface area (Å²) in [6.45, 7) is 5.07. The van der Waals surface area contributed by atoms with E-state index in [0.717, 1.165) is 39.1 Å². The predicted octanol–water partition coefficient (Wildman–Crippen LogP) is -0.0844. The van der Waals surface area contributed by atoms with Crippen molar-refractivity contribution >= 4 is 5.91 Å². The lowest BCUT2D eigenvalue weighted by Gasteiger charge is -2.15. The second-order valence-corrected chi connectivity index (χ2v) is 4.87. The molecule has 1 aliphatic heterocycles. The first-order valence-corrected chi connectivity index (χ1v) is 6.68. The highest BCUT2D eigenvalue weighted by atomic mass is 16.5. The van der Waals surface area contributed by atoms with Crippen LogP contribution in [0.25, 0.3) is 0 Å². The minimum Gasteiger partial charge on any atom is -0.381 e. The van der Waals surface area contributed by atoms with Crippen molar-refractivity contribution in [2.45, 2.75) is 26.2 Å². The van der Waals surface area contributed by atoms with Gasteiger partial charge in [0.15, 0.2) is 0 Å². The first kappa shape index (κ1) is 13.8. The van der Waals surface area contributed by atoms with E-state index in [9.17, 15) is 9.59 Å². The molecular weight excluding hydrogens is 248 g/mol. The summed E-state index contributed by atoms with van der Waals surface area (Å²) < 4.78 is 5.51. The third kappa shape index (κ3) is 3.92. The number of aromatic nitrogens is 3. The van der Waals surface area contributed by atoms with E-state index in [2.05, 4.69) is 22.1 Å². The molecule has 2 rings (SSSR count). The van der Waals surface area contributed by atoms with Crippen LogP contribution in [0.4, 0.5) is 0 Å². The zero-order valence-corrected chi connectivity index (χ0v) is 11.1. The summed E-state index contributed by atoms with van der Waals surface area (Å²) in [4.78, 5) is 27.2. The van der Waals surface area contributed by atoms with Gasteiger partial charge in [-0.15, -0.1) is 0 Å². The van der Waals surface area contributed by atoms with Gasteiger partial charge in [-0.2, -0.15) is 5.10 Å². The van der Waals surface area contributed by atoms with Crippen LogP contribution < -0.4 is 5.69 Å². The van der Waals surface area contributed by atoms with E-state index in [0.29, 0.717) is 11.7 Å². The zero-order chi connectivity index (χ0) is 13.7. The summed E-state index contributed by atoms with van der Waals surface area (Å²) in [5.74, 6) is 0.815. The van der Waals surface area contributed by atoms with Gasteiger partial charge < -0.3 is 9.64 Å². The van der Waals surface area contributed by atoms with E-state index in [1.807, 2.05) is 4.90 Å². The second kappa shape index (κ2) is 6.51. The summed E-state index contributed by atoms with van der Waals surface area (Å²) in [7, 11) is 0. The fourth-order valence-electron chi connectivity index (χ4n) is 2.23. The van der Waals surface area contributed by atoms with Crippen LogP contribution in [-0.2, 0) is 16.0 Å². The Morgan fingerprint density at radius 2 is 2.42 bits per heavy atom. The van der Waals surface area contributed by atoms with Crippen molar-refractivity contribution in [1.29, 1.82) is 0 Å². The fourth-order valence-corrected chi connectivity index (χ4v) is 2.23. The zero-order valence-electron chi connectivity index (χ0n) is 11.1. The number of rotatable bonds is 6. The molecule has 0 aliphatic carbocycles. The Labute approximate surface area is 111 Å². The van der Waals surface area contributed by atoms with E-state index >= 15 is 0 Å². The highest BCUT2D eigenvalue weighted by Gasteiger charge is 2.26. The van der Waals surface area contributed by atoms with Gasteiger partial charge in [0.05, 0.1) is 13.0 Å². The van der Waals surface area contributed by atoms with E-state index in [1.165, 1.54) is 0 Å². The molecule has 0 aromatic carbocycles. The molecule has 2 heterocycles. The van der Waals surface area contributed by atoms with Crippen molar-refractivity contribution in [3.05, 3.63) is 16.3 Å². The molecule has 7 nitrogen and oxygen atoms in total. The normalized spacial score (nSPS) is 19.0. The molecule has 0 spiro atoms. The minimum absolute atomic E-state index is 0.000687. The highest BCUT2D eigenvalue weighted by Crippen LogP contribution is 2.17. The topological polar surface area (TPSA) is 91.1 Å². The average molecular weight is 268 g/mol. The van der Waals surface area contributed by atoms with Crippen molar-refractivity contribution in [2.75, 3.05) is 26.3 Å². The molecule has 0 saturated carbocycles. The van der Waals surface area contributed by atoms with E-state index in [-0.39, 0.29) is 18.0 Å². The molecule has 7 heteroatoms. The number of hydrogen-bond donors (Lipinski definition) is 2. The lowest BCUT2D eigenvalue weighted by molar-refractivity contribution is -0.129. The number of ether oxygens (including phenoxy) is 1. The Hall–Kier alpha value is -1.63. The van der Waals surface area contributed by atoms with Gasteiger partial charge in [0.25, 0.3) is 0 Å². The number of carbonyl (C=O) groups is 1. The number of nitrogens with zero attached hydrogens (tertiary/aromatic N) is 2. The SMILES string of the molecule is CCCOCC1CCN(C(=O)Cc2n[nH]c(=O)[nH]2)C1. The van der Waals surface area contributed by atoms with Gasteiger partial charge in [0.2, 0.25) is 5.91 Å². The molecule has 106 valence electrons. The highest BCUT2D eigenvalue weighted by molar-refractivity contribution is 5.78. The minimum atomic E-state index is -0.380. The first-order chi connectivity index (χ1) is 9.19. The number of nitrogens with one attached hydrogen (secondary N) is 2. The molecule has 1 amide bonds. The van der Waals surface area contributed by atoms with Crippen molar-refractivity contribution < 1.29 is 9.53 Å². The first-order valence-electron chi connectivity index (χ1n) is 6.68. The molecule has 1 saturated heterocycles. The Kier molecular flexibility index (Phi) is 4.73. The van der Waals surface area contributed by atoms with E-state index < -0.39 is 0 Å². The van der Waals surface area contributed by atoms with Gasteiger partial charge in [0.1, 0.15) is 5.82 Å². The molecule has 1 aromatic rings. The molecule has 1 fully saturated rings. The third-order valence-corrected chi connectivity index (χ3v) is 3.21. The van der Waals surface area contributed by atoms with Gasteiger partial charge in [-0.25, -0.2) is 9.89 Å². The molecule has 2 N–H and O–H groups in total. The van der Waals surface area contributed by atoms with Crippen molar-refractivity contribution in [3.63, 3.8) is 0 Å². The average Bonchev–Trinajstić information content (AvgIpc) is 2.99. The molecule has 1 aromatic heterocycles. The summed E-state index contributed by atoms with van der Waals surface area (Å²) >= 11 is 0. The maximum absolute atomic E-state index is 12.0. The monoisotopic (exact) mass is 268 g/mol. The summed E-state index contributed by atoms with van der Waals surface area (Å²) in [6, 6.07) is 0. The molecule has 0 radical (unpaired) electrons. The number of aromatic amines is 2. The lowest BCUT2D eigenvalue weighted by atomic mass is 10.1. The van der Waals surface area contributed by atoms with Gasteiger partial charge in [-0.1, -0.05) is 6.92 Å². The number of carbonyl (C=O) groups excluding carboxylic acids is 1. The Balaban J connectivity index is 1.77. The second-order valence-electron chi connectivity index (χ2n) is 4.87. The van der Waals surface area contributed by atoms with Gasteiger partial charge >= 0.3 is 5.69 Å². The Bertz CT molecular complexity index is 468. The van der Waals surface area contributed by atoms with E-state index in [1.54, 1.807) is 0 Å². The van der Waals surface area contributed by atoms with Crippen LogP contribution in [0.2, 0.25) is 0 Å². The maximum atomic E-state index is 12.0. The van der Waals surface area contributed by atoms with E-state index in [4.69, 9.17) is 4.74 Å². The number of amides is 1. The van der Waals surface area contributed by atoms with Crippen LogP contribution >= 0.6 is 0 Å². The molecule has 1 unspecified atom stereocenters. The quantitative estimate of drug-likeness (QED) is 0.706. The lowest BCUT2D eigenvalue weighted by Crippen LogP contribution is -2.31. The van der Waals surface area contributed by atoms with Crippen LogP contribution in [0, 0.1) is 5.92 Å². The van der Waals surface area contributed by atoms with Crippen LogP contribution in [0.1, 0.15) is 25.6 Å². The maximum Gasteiger partial charge on any atom is 0.340 e. The Morgan fingerprint density at radius 3 is 3.11 bits per heavy atom. The van der Waals surface area contributed by atoms with Crippen LogP contribution in [0.3, 0.4) is 0 Å². The molecule has 1 atom stereocenters. The summed E-state index contributed by atoms with van der Waals surface area (Å²) in [5, 5.41) is 6.00. The molecule has 1 aliphatic rings. The molecule has 0 bridgehead atoms. The molecular formula is C12H20N4O3. The van der Waals surface area contributed by atoms with Gasteiger partial charge in [0, 0.05) is 25.6 Å². The van der Waals surface area contributed by atoms with Crippen LogP contribution in [-0.4, -0.2) is 52.3 Å². The summed E-state index contributed by atoms with van der Waals surface area (Å²) in [6.07, 6.45) is 2.13. The van der Waals surface area contributed by atoms with Crippen LogP contribution in [0.15, 0.2) is 4.79 Å². The largest absolute Gasteiger partial charge is 0.381 e. The van der Waals surface area contributed by atoms with Crippen molar-refractivity contribution in [1.82, 2.24) is 20.1 Å². The smallest absolute Gasteiger partial charge is 0.340 e. The number of hydrogen-bond acceptors (Lipinski definition) is 4. The van der Waals surface area contributed by atoms with Gasteiger partial charge in [-0.05, 0) is 12.8 Å². The van der Waals surface area contributed by atoms with Crippen LogP contribution in [0.5, 0.6) is 0 Å². The number of likely N-dealkylation sites (tertiary alicyclic amines) is 1. The third-order valence-electron chi connectivity index (χ3n) is 3.21. The van der Waals surface area contributed by atoms with Crippen molar-refractivity contribution in [2.24, 2.45) is 5.92 Å². The fraction of sp³-hybridized carbons (Fsp3) is 0.750. The van der Waals surface area contributed by atoms with Crippen molar-refractivity contribution in [3.8, 4) is 0 Å².